The average molecular weight is 364 g/mol. The van der Waals surface area contributed by atoms with Crippen molar-refractivity contribution in [2.75, 3.05) is 31.1 Å². The van der Waals surface area contributed by atoms with Gasteiger partial charge in [0.05, 0.1) is 6.54 Å². The fourth-order valence-corrected chi connectivity index (χ4v) is 4.29. The molecule has 0 bridgehead atoms. The molecule has 0 radical (unpaired) electrons. The molecule has 0 aliphatic carbocycles. The van der Waals surface area contributed by atoms with Crippen LogP contribution in [0.2, 0.25) is 0 Å². The van der Waals surface area contributed by atoms with Crippen molar-refractivity contribution in [3.05, 3.63) is 66.2 Å². The zero-order chi connectivity index (χ0) is 18.5. The number of carbonyl (C=O) groups excluding carboxylic acids is 1. The van der Waals surface area contributed by atoms with E-state index < -0.39 is 0 Å². The van der Waals surface area contributed by atoms with Crippen LogP contribution in [0.1, 0.15) is 24.8 Å². The highest BCUT2D eigenvalue weighted by molar-refractivity contribution is 5.89. The van der Waals surface area contributed by atoms with Gasteiger partial charge in [0.25, 0.3) is 0 Å². The standard InChI is InChI=1S/C23H28N2O2/c26-23-25(21-11-5-2-6-12-21)18-22(27-23)13-15-24-14-7-10-20(17-24)16-19-8-3-1-4-9-19/h1-6,8-9,11-12,20,22H,7,10,13-18H2. The highest BCUT2D eigenvalue weighted by Crippen LogP contribution is 2.24. The van der Waals surface area contributed by atoms with Gasteiger partial charge < -0.3 is 9.64 Å². The van der Waals surface area contributed by atoms with E-state index in [1.807, 2.05) is 30.3 Å². The average Bonchev–Trinajstić information content (AvgIpc) is 3.09. The van der Waals surface area contributed by atoms with Gasteiger partial charge in [0.1, 0.15) is 6.10 Å². The van der Waals surface area contributed by atoms with Gasteiger partial charge in [-0.3, -0.25) is 4.90 Å². The van der Waals surface area contributed by atoms with Crippen LogP contribution >= 0.6 is 0 Å². The SMILES string of the molecule is O=C1OC(CCN2CCCC(Cc3ccccc3)C2)CN1c1ccccc1. The third kappa shape index (κ3) is 4.69. The molecule has 2 aliphatic rings. The Balaban J connectivity index is 1.26. The highest BCUT2D eigenvalue weighted by Gasteiger charge is 2.32. The normalized spacial score (nSPS) is 23.4. The van der Waals surface area contributed by atoms with Crippen molar-refractivity contribution in [2.24, 2.45) is 5.92 Å². The Morgan fingerprint density at radius 1 is 0.963 bits per heavy atom. The Kier molecular flexibility index (Phi) is 5.73. The maximum atomic E-state index is 12.2. The first-order valence-electron chi connectivity index (χ1n) is 10.1. The minimum Gasteiger partial charge on any atom is -0.444 e. The third-order valence-corrected chi connectivity index (χ3v) is 5.68. The Morgan fingerprint density at radius 3 is 2.48 bits per heavy atom. The van der Waals surface area contributed by atoms with Crippen LogP contribution in [0.5, 0.6) is 0 Å². The smallest absolute Gasteiger partial charge is 0.414 e. The van der Waals surface area contributed by atoms with Crippen LogP contribution < -0.4 is 4.90 Å². The molecular formula is C23H28N2O2. The van der Waals surface area contributed by atoms with Crippen LogP contribution in [-0.2, 0) is 11.2 Å². The van der Waals surface area contributed by atoms with E-state index in [0.717, 1.165) is 44.1 Å². The lowest BCUT2D eigenvalue weighted by Crippen LogP contribution is -2.38. The number of anilines is 1. The predicted octanol–water partition coefficient (Wildman–Crippen LogP) is 4.36. The number of amides is 1. The summed E-state index contributed by atoms with van der Waals surface area (Å²) < 4.78 is 5.60. The molecule has 2 atom stereocenters. The molecule has 27 heavy (non-hydrogen) atoms. The summed E-state index contributed by atoms with van der Waals surface area (Å²) in [7, 11) is 0. The van der Waals surface area contributed by atoms with Crippen molar-refractivity contribution in [3.63, 3.8) is 0 Å². The van der Waals surface area contributed by atoms with Crippen molar-refractivity contribution in [3.8, 4) is 0 Å². The summed E-state index contributed by atoms with van der Waals surface area (Å²) in [5.74, 6) is 0.730. The molecule has 0 aromatic heterocycles. The Morgan fingerprint density at radius 2 is 1.70 bits per heavy atom. The first-order valence-corrected chi connectivity index (χ1v) is 10.1. The molecule has 0 spiro atoms. The number of piperidine rings is 1. The molecule has 2 unspecified atom stereocenters. The quantitative estimate of drug-likeness (QED) is 0.764. The van der Waals surface area contributed by atoms with Crippen molar-refractivity contribution in [2.45, 2.75) is 31.8 Å². The predicted molar refractivity (Wildman–Crippen MR) is 108 cm³/mol. The number of ether oxygens (including phenoxy) is 1. The topological polar surface area (TPSA) is 32.8 Å². The molecule has 2 fully saturated rings. The first-order chi connectivity index (χ1) is 13.3. The summed E-state index contributed by atoms with van der Waals surface area (Å²) in [5.41, 5.74) is 2.36. The van der Waals surface area contributed by atoms with Gasteiger partial charge in [-0.1, -0.05) is 48.5 Å². The Hall–Kier alpha value is -2.33. The molecule has 142 valence electrons. The van der Waals surface area contributed by atoms with Gasteiger partial charge in [-0.25, -0.2) is 4.79 Å². The van der Waals surface area contributed by atoms with E-state index in [4.69, 9.17) is 4.74 Å². The molecule has 4 nitrogen and oxygen atoms in total. The van der Waals surface area contributed by atoms with E-state index in [0.29, 0.717) is 6.54 Å². The Bertz CT molecular complexity index is 735. The van der Waals surface area contributed by atoms with E-state index >= 15 is 0 Å². The summed E-state index contributed by atoms with van der Waals surface area (Å²) in [6.45, 7) is 3.97. The lowest BCUT2D eigenvalue weighted by Gasteiger charge is -2.33. The number of rotatable bonds is 6. The fraction of sp³-hybridized carbons (Fsp3) is 0.435. The van der Waals surface area contributed by atoms with Gasteiger partial charge in [0.2, 0.25) is 0 Å². The minimum atomic E-state index is -0.216. The number of benzene rings is 2. The largest absolute Gasteiger partial charge is 0.444 e. The minimum absolute atomic E-state index is 0.00722. The van der Waals surface area contributed by atoms with Crippen LogP contribution in [0.25, 0.3) is 0 Å². The van der Waals surface area contributed by atoms with E-state index in [1.165, 1.54) is 18.4 Å². The summed E-state index contributed by atoms with van der Waals surface area (Å²) in [6.07, 6.45) is 4.42. The number of para-hydroxylation sites is 1. The van der Waals surface area contributed by atoms with E-state index in [9.17, 15) is 4.79 Å². The zero-order valence-electron chi connectivity index (χ0n) is 15.8. The first kappa shape index (κ1) is 18.1. The van der Waals surface area contributed by atoms with Gasteiger partial charge in [-0.2, -0.15) is 0 Å². The van der Waals surface area contributed by atoms with Crippen LogP contribution in [0.3, 0.4) is 0 Å². The monoisotopic (exact) mass is 364 g/mol. The summed E-state index contributed by atoms with van der Waals surface area (Å²) >= 11 is 0. The molecule has 0 saturated carbocycles. The van der Waals surface area contributed by atoms with Crippen LogP contribution in [0, 0.1) is 5.92 Å². The van der Waals surface area contributed by atoms with Crippen molar-refractivity contribution in [1.82, 2.24) is 4.90 Å². The van der Waals surface area contributed by atoms with E-state index in [1.54, 1.807) is 4.90 Å². The number of carbonyl (C=O) groups is 1. The van der Waals surface area contributed by atoms with E-state index in [-0.39, 0.29) is 12.2 Å². The summed E-state index contributed by atoms with van der Waals surface area (Å²) in [5, 5.41) is 0. The van der Waals surface area contributed by atoms with Gasteiger partial charge in [0, 0.05) is 18.8 Å². The summed E-state index contributed by atoms with van der Waals surface area (Å²) in [4.78, 5) is 16.5. The number of likely N-dealkylation sites (tertiary alicyclic amines) is 1. The Labute approximate surface area is 161 Å². The van der Waals surface area contributed by atoms with Gasteiger partial charge in [0.15, 0.2) is 0 Å². The van der Waals surface area contributed by atoms with Crippen molar-refractivity contribution < 1.29 is 9.53 Å². The number of nitrogens with zero attached hydrogens (tertiary/aromatic N) is 2. The van der Waals surface area contributed by atoms with E-state index in [2.05, 4.69) is 35.2 Å². The van der Waals surface area contributed by atoms with Crippen LogP contribution in [-0.4, -0.2) is 43.3 Å². The van der Waals surface area contributed by atoms with Crippen molar-refractivity contribution in [1.29, 1.82) is 0 Å². The van der Waals surface area contributed by atoms with Crippen LogP contribution in [0.15, 0.2) is 60.7 Å². The number of hydrogen-bond acceptors (Lipinski definition) is 3. The highest BCUT2D eigenvalue weighted by atomic mass is 16.6. The second kappa shape index (κ2) is 8.57. The molecule has 0 N–H and O–H groups in total. The van der Waals surface area contributed by atoms with Gasteiger partial charge >= 0.3 is 6.09 Å². The molecule has 4 heteroatoms. The zero-order valence-corrected chi connectivity index (χ0v) is 15.8. The number of hydrogen-bond donors (Lipinski definition) is 0. The third-order valence-electron chi connectivity index (χ3n) is 5.68. The second-order valence-electron chi connectivity index (χ2n) is 7.74. The van der Waals surface area contributed by atoms with Gasteiger partial charge in [-0.05, 0) is 55.8 Å². The maximum Gasteiger partial charge on any atom is 0.414 e. The summed E-state index contributed by atoms with van der Waals surface area (Å²) in [6, 6.07) is 20.6. The maximum absolute atomic E-state index is 12.2. The van der Waals surface area contributed by atoms with Crippen LogP contribution in [0.4, 0.5) is 10.5 Å². The van der Waals surface area contributed by atoms with Gasteiger partial charge in [-0.15, -0.1) is 0 Å². The lowest BCUT2D eigenvalue weighted by atomic mass is 9.91. The fourth-order valence-electron chi connectivity index (χ4n) is 4.29. The molecule has 2 heterocycles. The second-order valence-corrected chi connectivity index (χ2v) is 7.74. The molecule has 4 rings (SSSR count). The molecule has 2 aliphatic heterocycles. The number of cyclic esters (lactones) is 1. The lowest BCUT2D eigenvalue weighted by molar-refractivity contribution is 0.113. The molecular weight excluding hydrogens is 336 g/mol. The molecule has 2 aromatic rings. The van der Waals surface area contributed by atoms with Crippen molar-refractivity contribution >= 4 is 11.8 Å². The molecule has 2 saturated heterocycles. The molecule has 1 amide bonds. The molecule has 2 aromatic carbocycles.